The van der Waals surface area contributed by atoms with Gasteiger partial charge < -0.3 is 15.4 Å². The van der Waals surface area contributed by atoms with E-state index in [4.69, 9.17) is 4.74 Å². The molecule has 2 saturated heterocycles. The number of amides is 1. The molecule has 2 N–H and O–H groups in total. The normalized spacial score (nSPS) is 28.0. The van der Waals surface area contributed by atoms with Crippen molar-refractivity contribution in [3.8, 4) is 0 Å². The average molecular weight is 269 g/mol. The first kappa shape index (κ1) is 14.8. The average Bonchev–Trinajstić information content (AvgIpc) is 2.46. The van der Waals surface area contributed by atoms with E-state index in [0.29, 0.717) is 19.3 Å². The van der Waals surface area contributed by atoms with E-state index in [1.54, 1.807) is 0 Å². The highest BCUT2D eigenvalue weighted by molar-refractivity contribution is 5.82. The molecule has 2 fully saturated rings. The topological polar surface area (TPSA) is 53.6 Å². The largest absolute Gasteiger partial charge is 0.378 e. The van der Waals surface area contributed by atoms with Crippen LogP contribution in [0.25, 0.3) is 0 Å². The van der Waals surface area contributed by atoms with Crippen LogP contribution in [0.15, 0.2) is 0 Å². The number of rotatable bonds is 4. The number of ether oxygens (including phenoxy) is 1. The SMILES string of the molecule is CC1CCN(C(C)CNC(=O)C2COCCN2)CC1. The highest BCUT2D eigenvalue weighted by Gasteiger charge is 2.23. The molecule has 110 valence electrons. The first-order valence-corrected chi connectivity index (χ1v) is 7.49. The molecule has 5 nitrogen and oxygen atoms in total. The maximum Gasteiger partial charge on any atom is 0.239 e. The third-order valence-electron chi connectivity index (χ3n) is 4.25. The van der Waals surface area contributed by atoms with Crippen molar-refractivity contribution in [3.63, 3.8) is 0 Å². The molecule has 0 bridgehead atoms. The molecule has 0 radical (unpaired) electrons. The van der Waals surface area contributed by atoms with Gasteiger partial charge in [-0.3, -0.25) is 9.69 Å². The summed E-state index contributed by atoms with van der Waals surface area (Å²) in [5.41, 5.74) is 0. The lowest BCUT2D eigenvalue weighted by Gasteiger charge is -2.35. The van der Waals surface area contributed by atoms with Crippen LogP contribution in [-0.2, 0) is 9.53 Å². The van der Waals surface area contributed by atoms with Crippen LogP contribution in [0, 0.1) is 5.92 Å². The van der Waals surface area contributed by atoms with Gasteiger partial charge in [-0.05, 0) is 38.8 Å². The van der Waals surface area contributed by atoms with Gasteiger partial charge in [0.15, 0.2) is 0 Å². The molecular formula is C14H27N3O2. The van der Waals surface area contributed by atoms with E-state index in [1.165, 1.54) is 12.8 Å². The Bertz CT molecular complexity index is 284. The molecule has 0 aliphatic carbocycles. The van der Waals surface area contributed by atoms with Crippen LogP contribution in [0.2, 0.25) is 0 Å². The number of carbonyl (C=O) groups is 1. The third-order valence-corrected chi connectivity index (χ3v) is 4.25. The van der Waals surface area contributed by atoms with Crippen molar-refractivity contribution >= 4 is 5.91 Å². The summed E-state index contributed by atoms with van der Waals surface area (Å²) in [6.45, 7) is 9.50. The van der Waals surface area contributed by atoms with Crippen LogP contribution in [0.3, 0.4) is 0 Å². The maximum absolute atomic E-state index is 12.0. The molecule has 2 aliphatic heterocycles. The Balaban J connectivity index is 1.67. The number of likely N-dealkylation sites (tertiary alicyclic amines) is 1. The molecule has 5 heteroatoms. The van der Waals surface area contributed by atoms with Crippen LogP contribution >= 0.6 is 0 Å². The molecule has 2 heterocycles. The van der Waals surface area contributed by atoms with Crippen molar-refractivity contribution in [2.45, 2.75) is 38.8 Å². The summed E-state index contributed by atoms with van der Waals surface area (Å²) in [4.78, 5) is 14.4. The zero-order valence-corrected chi connectivity index (χ0v) is 12.2. The second-order valence-electron chi connectivity index (χ2n) is 5.89. The van der Waals surface area contributed by atoms with Crippen LogP contribution < -0.4 is 10.6 Å². The van der Waals surface area contributed by atoms with Gasteiger partial charge in [0, 0.05) is 19.1 Å². The second kappa shape index (κ2) is 7.22. The summed E-state index contributed by atoms with van der Waals surface area (Å²) in [5.74, 6) is 0.915. The minimum Gasteiger partial charge on any atom is -0.378 e. The van der Waals surface area contributed by atoms with Crippen molar-refractivity contribution < 1.29 is 9.53 Å². The van der Waals surface area contributed by atoms with Crippen molar-refractivity contribution in [2.24, 2.45) is 5.92 Å². The monoisotopic (exact) mass is 269 g/mol. The van der Waals surface area contributed by atoms with Crippen molar-refractivity contribution in [1.29, 1.82) is 0 Å². The molecule has 2 atom stereocenters. The number of nitrogens with zero attached hydrogens (tertiary/aromatic N) is 1. The summed E-state index contributed by atoms with van der Waals surface area (Å²) in [7, 11) is 0. The minimum atomic E-state index is -0.178. The Labute approximate surface area is 116 Å². The first-order chi connectivity index (χ1) is 9.16. The highest BCUT2D eigenvalue weighted by Crippen LogP contribution is 2.17. The first-order valence-electron chi connectivity index (χ1n) is 7.49. The van der Waals surface area contributed by atoms with Crippen molar-refractivity contribution in [2.75, 3.05) is 39.4 Å². The molecule has 1 amide bonds. The summed E-state index contributed by atoms with van der Waals surface area (Å²) >= 11 is 0. The van der Waals surface area contributed by atoms with Crippen LogP contribution in [0.4, 0.5) is 0 Å². The quantitative estimate of drug-likeness (QED) is 0.766. The van der Waals surface area contributed by atoms with Gasteiger partial charge >= 0.3 is 0 Å². The predicted octanol–water partition coefficient (Wildman–Crippen LogP) is 0.211. The minimum absolute atomic E-state index is 0.0666. The van der Waals surface area contributed by atoms with E-state index in [1.807, 2.05) is 0 Å². The molecule has 2 unspecified atom stereocenters. The molecule has 0 aromatic carbocycles. The van der Waals surface area contributed by atoms with Crippen LogP contribution in [0.1, 0.15) is 26.7 Å². The zero-order chi connectivity index (χ0) is 13.7. The van der Waals surface area contributed by atoms with Gasteiger partial charge in [0.2, 0.25) is 5.91 Å². The molecule has 0 spiro atoms. The van der Waals surface area contributed by atoms with Gasteiger partial charge in [-0.1, -0.05) is 6.92 Å². The van der Waals surface area contributed by atoms with Crippen LogP contribution in [-0.4, -0.2) is 62.3 Å². The highest BCUT2D eigenvalue weighted by atomic mass is 16.5. The van der Waals surface area contributed by atoms with Crippen molar-refractivity contribution in [3.05, 3.63) is 0 Å². The van der Waals surface area contributed by atoms with Crippen molar-refractivity contribution in [1.82, 2.24) is 15.5 Å². The van der Waals surface area contributed by atoms with Gasteiger partial charge in [-0.2, -0.15) is 0 Å². The molecule has 0 aromatic rings. The van der Waals surface area contributed by atoms with Gasteiger partial charge in [0.1, 0.15) is 6.04 Å². The summed E-state index contributed by atoms with van der Waals surface area (Å²) < 4.78 is 5.30. The number of carbonyl (C=O) groups excluding carboxylic acids is 1. The number of hydrogen-bond acceptors (Lipinski definition) is 4. The second-order valence-corrected chi connectivity index (χ2v) is 5.89. The smallest absolute Gasteiger partial charge is 0.239 e. The van der Waals surface area contributed by atoms with E-state index < -0.39 is 0 Å². The fourth-order valence-corrected chi connectivity index (χ4v) is 2.70. The molecule has 2 rings (SSSR count). The summed E-state index contributed by atoms with van der Waals surface area (Å²) in [6, 6.07) is 0.239. The Morgan fingerprint density at radius 1 is 1.47 bits per heavy atom. The Kier molecular flexibility index (Phi) is 5.60. The molecule has 0 aromatic heterocycles. The van der Waals surface area contributed by atoms with E-state index in [2.05, 4.69) is 29.4 Å². The summed E-state index contributed by atoms with van der Waals surface area (Å²) in [6.07, 6.45) is 2.55. The van der Waals surface area contributed by atoms with E-state index in [-0.39, 0.29) is 11.9 Å². The lowest BCUT2D eigenvalue weighted by molar-refractivity contribution is -0.126. The van der Waals surface area contributed by atoms with E-state index in [0.717, 1.165) is 32.1 Å². The summed E-state index contributed by atoms with van der Waals surface area (Å²) in [5, 5.41) is 6.21. The fourth-order valence-electron chi connectivity index (χ4n) is 2.70. The Morgan fingerprint density at radius 3 is 2.84 bits per heavy atom. The fraction of sp³-hybridized carbons (Fsp3) is 0.929. The van der Waals surface area contributed by atoms with Gasteiger partial charge in [-0.25, -0.2) is 0 Å². The number of nitrogens with one attached hydrogen (secondary N) is 2. The van der Waals surface area contributed by atoms with Gasteiger partial charge in [-0.15, -0.1) is 0 Å². The molecule has 0 saturated carbocycles. The molecular weight excluding hydrogens is 242 g/mol. The molecule has 19 heavy (non-hydrogen) atoms. The lowest BCUT2D eigenvalue weighted by Crippen LogP contribution is -2.53. The molecule has 2 aliphatic rings. The van der Waals surface area contributed by atoms with E-state index >= 15 is 0 Å². The maximum atomic E-state index is 12.0. The van der Waals surface area contributed by atoms with Crippen LogP contribution in [0.5, 0.6) is 0 Å². The Hall–Kier alpha value is -0.650. The number of morpholine rings is 1. The zero-order valence-electron chi connectivity index (χ0n) is 12.2. The predicted molar refractivity (Wildman–Crippen MR) is 75.1 cm³/mol. The Morgan fingerprint density at radius 2 is 2.21 bits per heavy atom. The number of piperidine rings is 1. The van der Waals surface area contributed by atoms with Gasteiger partial charge in [0.25, 0.3) is 0 Å². The van der Waals surface area contributed by atoms with Gasteiger partial charge in [0.05, 0.1) is 13.2 Å². The number of hydrogen-bond donors (Lipinski definition) is 2. The standard InChI is InChI=1S/C14H27N3O2/c1-11-3-6-17(7-4-11)12(2)9-16-14(18)13-10-19-8-5-15-13/h11-13,15H,3-10H2,1-2H3,(H,16,18). The van der Waals surface area contributed by atoms with E-state index in [9.17, 15) is 4.79 Å². The lowest BCUT2D eigenvalue weighted by atomic mass is 9.98. The third kappa shape index (κ3) is 4.44.